The van der Waals surface area contributed by atoms with Gasteiger partial charge in [-0.15, -0.1) is 6.58 Å². The number of nitrogens with one attached hydrogen (secondary N) is 1. The number of anilines is 1. The fourth-order valence-electron chi connectivity index (χ4n) is 2.84. The minimum atomic E-state index is -0.608. The number of fused-ring (bicyclic) bond motifs is 2. The van der Waals surface area contributed by atoms with Crippen molar-refractivity contribution in [3.05, 3.63) is 41.4 Å². The first-order chi connectivity index (χ1) is 10.1. The van der Waals surface area contributed by atoms with E-state index in [4.69, 9.17) is 16.3 Å². The largest absolute Gasteiger partial charge is 0.371 e. The third-order valence-electron chi connectivity index (χ3n) is 3.77. The lowest BCUT2D eigenvalue weighted by molar-refractivity contribution is -0.122. The number of carbonyl (C=O) groups is 2. The minimum Gasteiger partial charge on any atom is -0.371 e. The van der Waals surface area contributed by atoms with Crippen LogP contribution in [0, 0.1) is 0 Å². The Balaban J connectivity index is 1.95. The van der Waals surface area contributed by atoms with Crippen LogP contribution in [-0.2, 0) is 9.53 Å². The smallest absolute Gasteiger partial charge is 0.256 e. The molecule has 2 heterocycles. The Labute approximate surface area is 127 Å². The number of carbonyl (C=O) groups excluding carboxylic acids is 2. The molecular formula is C15H15ClN2O3. The van der Waals surface area contributed by atoms with E-state index in [1.54, 1.807) is 29.2 Å². The Morgan fingerprint density at radius 2 is 2.29 bits per heavy atom. The van der Waals surface area contributed by atoms with Gasteiger partial charge in [0.15, 0.2) is 0 Å². The van der Waals surface area contributed by atoms with Crippen molar-refractivity contribution in [3.8, 4) is 0 Å². The summed E-state index contributed by atoms with van der Waals surface area (Å²) in [5.41, 5.74) is 0.911. The number of ether oxygens (including phenoxy) is 1. The fourth-order valence-corrected chi connectivity index (χ4v) is 3.01. The van der Waals surface area contributed by atoms with Crippen LogP contribution in [0.15, 0.2) is 30.9 Å². The van der Waals surface area contributed by atoms with Crippen LogP contribution in [0.1, 0.15) is 16.8 Å². The number of halogens is 1. The van der Waals surface area contributed by atoms with Gasteiger partial charge in [0.25, 0.3) is 5.91 Å². The van der Waals surface area contributed by atoms with Gasteiger partial charge in [0.2, 0.25) is 5.91 Å². The molecule has 1 aromatic rings. The van der Waals surface area contributed by atoms with Crippen molar-refractivity contribution in [2.75, 3.05) is 18.5 Å². The van der Waals surface area contributed by atoms with Crippen LogP contribution >= 0.6 is 11.6 Å². The Morgan fingerprint density at radius 3 is 3.05 bits per heavy atom. The third kappa shape index (κ3) is 2.43. The molecular weight excluding hydrogens is 292 g/mol. The van der Waals surface area contributed by atoms with Crippen molar-refractivity contribution in [2.24, 2.45) is 0 Å². The second-order valence-electron chi connectivity index (χ2n) is 5.07. The number of hydrogen-bond acceptors (Lipinski definition) is 3. The van der Waals surface area contributed by atoms with Crippen molar-refractivity contribution in [1.82, 2.24) is 4.90 Å². The van der Waals surface area contributed by atoms with Crippen molar-refractivity contribution in [3.63, 3.8) is 0 Å². The molecule has 0 saturated carbocycles. The van der Waals surface area contributed by atoms with Crippen molar-refractivity contribution < 1.29 is 14.3 Å². The summed E-state index contributed by atoms with van der Waals surface area (Å²) in [6, 6.07) is 4.27. The molecule has 21 heavy (non-hydrogen) atoms. The third-order valence-corrected chi connectivity index (χ3v) is 4.01. The molecule has 110 valence electrons. The summed E-state index contributed by atoms with van der Waals surface area (Å²) in [7, 11) is 0. The number of hydrogen-bond donors (Lipinski definition) is 1. The Kier molecular flexibility index (Phi) is 3.69. The Bertz CT molecular complexity index is 617. The molecule has 2 unspecified atom stereocenters. The maximum Gasteiger partial charge on any atom is 0.256 e. The van der Waals surface area contributed by atoms with Crippen molar-refractivity contribution in [2.45, 2.75) is 18.6 Å². The predicted molar refractivity (Wildman–Crippen MR) is 79.5 cm³/mol. The first-order valence-corrected chi connectivity index (χ1v) is 7.13. The van der Waals surface area contributed by atoms with E-state index in [0.717, 1.165) is 0 Å². The van der Waals surface area contributed by atoms with Gasteiger partial charge in [0.05, 0.1) is 24.0 Å². The highest BCUT2D eigenvalue weighted by Gasteiger charge is 2.45. The van der Waals surface area contributed by atoms with E-state index in [-0.39, 0.29) is 17.9 Å². The van der Waals surface area contributed by atoms with Crippen LogP contribution in [0.3, 0.4) is 0 Å². The minimum absolute atomic E-state index is 0.172. The van der Waals surface area contributed by atoms with Gasteiger partial charge in [-0.2, -0.15) is 0 Å². The molecule has 2 amide bonds. The van der Waals surface area contributed by atoms with Gasteiger partial charge >= 0.3 is 0 Å². The van der Waals surface area contributed by atoms with E-state index in [2.05, 4.69) is 11.9 Å². The lowest BCUT2D eigenvalue weighted by Gasteiger charge is -2.24. The molecule has 1 saturated heterocycles. The van der Waals surface area contributed by atoms with E-state index in [1.807, 2.05) is 0 Å². The first-order valence-electron chi connectivity index (χ1n) is 6.75. The molecule has 1 N–H and O–H groups in total. The molecule has 1 fully saturated rings. The van der Waals surface area contributed by atoms with Crippen LogP contribution in [0.5, 0.6) is 0 Å². The van der Waals surface area contributed by atoms with E-state index in [0.29, 0.717) is 35.8 Å². The molecule has 0 radical (unpaired) electrons. The Hall–Kier alpha value is -1.85. The highest BCUT2D eigenvalue weighted by Crippen LogP contribution is 2.31. The zero-order valence-electron chi connectivity index (χ0n) is 11.3. The highest BCUT2D eigenvalue weighted by molar-refractivity contribution is 6.31. The SMILES string of the molecule is C=CCOC1CCN2C(=O)c3ccc(Cl)cc3NC(=O)C12. The monoisotopic (exact) mass is 306 g/mol. The summed E-state index contributed by atoms with van der Waals surface area (Å²) < 4.78 is 5.62. The van der Waals surface area contributed by atoms with Crippen LogP contribution in [0.4, 0.5) is 5.69 Å². The second-order valence-corrected chi connectivity index (χ2v) is 5.51. The maximum absolute atomic E-state index is 12.6. The molecule has 3 rings (SSSR count). The molecule has 0 aliphatic carbocycles. The maximum atomic E-state index is 12.6. The van der Waals surface area contributed by atoms with Gasteiger partial charge in [-0.3, -0.25) is 9.59 Å². The van der Waals surface area contributed by atoms with Crippen LogP contribution in [0.2, 0.25) is 5.02 Å². The summed E-state index contributed by atoms with van der Waals surface area (Å²) in [6.07, 6.45) is 1.96. The molecule has 2 aliphatic rings. The molecule has 0 bridgehead atoms. The number of benzene rings is 1. The quantitative estimate of drug-likeness (QED) is 0.870. The molecule has 6 heteroatoms. The van der Waals surface area contributed by atoms with E-state index in [1.165, 1.54) is 0 Å². The average Bonchev–Trinajstić information content (AvgIpc) is 2.84. The van der Waals surface area contributed by atoms with Crippen molar-refractivity contribution >= 4 is 29.1 Å². The molecule has 5 nitrogen and oxygen atoms in total. The molecule has 0 aromatic heterocycles. The summed E-state index contributed by atoms with van der Waals surface area (Å²) in [5.74, 6) is -0.411. The lowest BCUT2D eigenvalue weighted by atomic mass is 10.1. The molecule has 0 spiro atoms. The van der Waals surface area contributed by atoms with E-state index >= 15 is 0 Å². The highest BCUT2D eigenvalue weighted by atomic mass is 35.5. The number of nitrogens with zero attached hydrogens (tertiary/aromatic N) is 1. The second kappa shape index (κ2) is 5.50. The van der Waals surface area contributed by atoms with Crippen molar-refractivity contribution in [1.29, 1.82) is 0 Å². The zero-order chi connectivity index (χ0) is 15.0. The molecule has 2 atom stereocenters. The fraction of sp³-hybridized carbons (Fsp3) is 0.333. The van der Waals surface area contributed by atoms with E-state index in [9.17, 15) is 9.59 Å². The van der Waals surface area contributed by atoms with Crippen LogP contribution in [0.25, 0.3) is 0 Å². The standard InChI is InChI=1S/C15H15ClN2O3/c1-2-7-21-12-5-6-18-13(12)14(19)17-11-8-9(16)3-4-10(11)15(18)20/h2-4,8,12-13H,1,5-7H2,(H,17,19). The summed E-state index contributed by atoms with van der Waals surface area (Å²) in [4.78, 5) is 26.6. The van der Waals surface area contributed by atoms with Gasteiger partial charge in [-0.05, 0) is 24.6 Å². The number of amides is 2. The predicted octanol–water partition coefficient (Wildman–Crippen LogP) is 2.08. The lowest BCUT2D eigenvalue weighted by Crippen LogP contribution is -2.46. The summed E-state index contributed by atoms with van der Waals surface area (Å²) >= 11 is 5.93. The number of rotatable bonds is 3. The van der Waals surface area contributed by atoms with Gasteiger partial charge in [-0.25, -0.2) is 0 Å². The topological polar surface area (TPSA) is 58.6 Å². The van der Waals surface area contributed by atoms with Gasteiger partial charge in [-0.1, -0.05) is 17.7 Å². The summed E-state index contributed by atoms with van der Waals surface area (Å²) in [6.45, 7) is 4.46. The molecule has 2 aliphatic heterocycles. The average molecular weight is 307 g/mol. The van der Waals surface area contributed by atoms with Crippen LogP contribution in [-0.4, -0.2) is 42.0 Å². The normalized spacial score (nSPS) is 24.1. The zero-order valence-corrected chi connectivity index (χ0v) is 12.1. The van der Waals surface area contributed by atoms with Gasteiger partial charge in [0, 0.05) is 11.6 Å². The Morgan fingerprint density at radius 1 is 1.48 bits per heavy atom. The van der Waals surface area contributed by atoms with E-state index < -0.39 is 6.04 Å². The van der Waals surface area contributed by atoms with Gasteiger partial charge in [0.1, 0.15) is 6.04 Å². The first kappa shape index (κ1) is 14.1. The summed E-state index contributed by atoms with van der Waals surface area (Å²) in [5, 5.41) is 3.26. The van der Waals surface area contributed by atoms with Crippen LogP contribution < -0.4 is 5.32 Å². The van der Waals surface area contributed by atoms with Gasteiger partial charge < -0.3 is 15.0 Å². The molecule has 1 aromatic carbocycles.